The predicted molar refractivity (Wildman–Crippen MR) is 106 cm³/mol. The van der Waals surface area contributed by atoms with E-state index in [0.29, 0.717) is 51.4 Å². The number of benzene rings is 1. The van der Waals surface area contributed by atoms with Gasteiger partial charge in [0.1, 0.15) is 5.75 Å². The summed E-state index contributed by atoms with van der Waals surface area (Å²) in [5, 5.41) is 8.94. The number of furan rings is 1. The Morgan fingerprint density at radius 2 is 2.17 bits per heavy atom. The summed E-state index contributed by atoms with van der Waals surface area (Å²) >= 11 is 1.83. The molecule has 7 nitrogen and oxygen atoms in total. The zero-order valence-corrected chi connectivity index (χ0v) is 17.0. The highest BCUT2D eigenvalue weighted by molar-refractivity contribution is 7.99. The number of aromatic nitrogens is 3. The largest absolute Gasteiger partial charge is 0.496 e. The van der Waals surface area contributed by atoms with Crippen molar-refractivity contribution < 1.29 is 22.7 Å². The van der Waals surface area contributed by atoms with Gasteiger partial charge in [0.05, 0.1) is 18.3 Å². The summed E-state index contributed by atoms with van der Waals surface area (Å²) in [6.07, 6.45) is 1.66. The molecule has 0 aliphatic carbocycles. The van der Waals surface area contributed by atoms with Crippen LogP contribution in [0.1, 0.15) is 12.0 Å². The van der Waals surface area contributed by atoms with Crippen molar-refractivity contribution in [2.45, 2.75) is 34.5 Å². The molecule has 0 aliphatic heterocycles. The van der Waals surface area contributed by atoms with Crippen LogP contribution in [0.25, 0.3) is 11.6 Å². The summed E-state index contributed by atoms with van der Waals surface area (Å²) in [5.74, 6) is -1.03. The van der Waals surface area contributed by atoms with E-state index in [2.05, 4.69) is 10.2 Å². The predicted octanol–water partition coefficient (Wildman–Crippen LogP) is 4.03. The summed E-state index contributed by atoms with van der Waals surface area (Å²) in [5.41, 5.74) is 6.15. The maximum absolute atomic E-state index is 12.6. The van der Waals surface area contributed by atoms with E-state index >= 15 is 0 Å². The van der Waals surface area contributed by atoms with Crippen LogP contribution in [0.3, 0.4) is 0 Å². The maximum Gasteiger partial charge on any atom is 0.289 e. The number of nitrogens with two attached hydrogens (primary N) is 1. The topological polar surface area (TPSA) is 96.2 Å². The molecule has 154 valence electrons. The molecule has 1 aromatic carbocycles. The van der Waals surface area contributed by atoms with Gasteiger partial charge in [-0.2, -0.15) is 8.78 Å². The first-order valence-corrected chi connectivity index (χ1v) is 10.3. The van der Waals surface area contributed by atoms with Crippen molar-refractivity contribution in [2.75, 3.05) is 7.11 Å². The average Bonchev–Trinajstić information content (AvgIpc) is 3.34. The minimum Gasteiger partial charge on any atom is -0.496 e. The minimum atomic E-state index is -2.52. The van der Waals surface area contributed by atoms with Crippen LogP contribution in [0.5, 0.6) is 5.75 Å². The lowest BCUT2D eigenvalue weighted by Gasteiger charge is -2.11. The molecule has 0 unspecified atom stereocenters. The first kappa shape index (κ1) is 21.2. The molecule has 29 heavy (non-hydrogen) atoms. The molecule has 2 aromatic heterocycles. The van der Waals surface area contributed by atoms with Crippen LogP contribution in [0.2, 0.25) is 0 Å². The Bertz CT molecular complexity index is 964. The molecule has 0 spiro atoms. The second-order valence-electron chi connectivity index (χ2n) is 5.80. The molecular formula is C18H18F2N4O3S2. The van der Waals surface area contributed by atoms with Gasteiger partial charge in [0.25, 0.3) is 5.76 Å². The van der Waals surface area contributed by atoms with Crippen molar-refractivity contribution in [1.82, 2.24) is 14.8 Å². The molecule has 0 bridgehead atoms. The molecule has 0 aliphatic rings. The third-order valence-corrected chi connectivity index (χ3v) is 5.66. The fourth-order valence-electron chi connectivity index (χ4n) is 2.55. The Kier molecular flexibility index (Phi) is 7.15. The van der Waals surface area contributed by atoms with Gasteiger partial charge in [0.2, 0.25) is 5.91 Å². The van der Waals surface area contributed by atoms with Gasteiger partial charge in [0.15, 0.2) is 16.7 Å². The van der Waals surface area contributed by atoms with Crippen molar-refractivity contribution in [3.63, 3.8) is 0 Å². The molecule has 0 saturated carbocycles. The van der Waals surface area contributed by atoms with Crippen LogP contribution in [0.4, 0.5) is 8.78 Å². The number of rotatable bonds is 10. The minimum absolute atomic E-state index is 0.132. The molecule has 11 heteroatoms. The van der Waals surface area contributed by atoms with Gasteiger partial charge >= 0.3 is 0 Å². The summed E-state index contributed by atoms with van der Waals surface area (Å²) in [6.45, 7) is 0.313. The third kappa shape index (κ3) is 5.51. The zero-order valence-electron chi connectivity index (χ0n) is 15.4. The SMILES string of the molecule is COc1cc(CSc2nnc(-c3ccco3)n2CCC(N)=O)ccc1SC(F)F. The van der Waals surface area contributed by atoms with Gasteiger partial charge in [-0.15, -0.1) is 10.2 Å². The highest BCUT2D eigenvalue weighted by Crippen LogP contribution is 2.35. The van der Waals surface area contributed by atoms with Crippen molar-refractivity contribution in [3.05, 3.63) is 42.2 Å². The summed E-state index contributed by atoms with van der Waals surface area (Å²) < 4.78 is 37.7. The van der Waals surface area contributed by atoms with Crippen LogP contribution in [-0.4, -0.2) is 33.5 Å². The Morgan fingerprint density at radius 1 is 1.34 bits per heavy atom. The quantitative estimate of drug-likeness (QED) is 0.476. The van der Waals surface area contributed by atoms with Crippen LogP contribution >= 0.6 is 23.5 Å². The van der Waals surface area contributed by atoms with Gasteiger partial charge in [-0.05, 0) is 29.8 Å². The number of ether oxygens (including phenoxy) is 1. The number of carbonyl (C=O) groups is 1. The molecule has 2 heterocycles. The number of primary amides is 1. The Balaban J connectivity index is 1.78. The van der Waals surface area contributed by atoms with E-state index in [1.807, 2.05) is 0 Å². The lowest BCUT2D eigenvalue weighted by Crippen LogP contribution is -2.15. The standard InChI is InChI=1S/C18H18F2N4O3S2/c1-26-13-9-11(4-5-14(13)29-17(19)20)10-28-18-23-22-16(12-3-2-8-27-12)24(18)7-6-15(21)25/h2-5,8-9,17H,6-7,10H2,1H3,(H2,21,25). The number of halogens is 2. The molecule has 2 N–H and O–H groups in total. The molecule has 0 saturated heterocycles. The highest BCUT2D eigenvalue weighted by Gasteiger charge is 2.17. The van der Waals surface area contributed by atoms with Crippen molar-refractivity contribution in [2.24, 2.45) is 5.73 Å². The van der Waals surface area contributed by atoms with Gasteiger partial charge in [-0.3, -0.25) is 9.36 Å². The fourth-order valence-corrected chi connectivity index (χ4v) is 4.05. The summed E-state index contributed by atoms with van der Waals surface area (Å²) in [6, 6.07) is 8.58. The average molecular weight is 440 g/mol. The summed E-state index contributed by atoms with van der Waals surface area (Å²) in [4.78, 5) is 11.6. The number of hydrogen-bond acceptors (Lipinski definition) is 7. The molecule has 0 radical (unpaired) electrons. The van der Waals surface area contributed by atoms with Gasteiger partial charge in [-0.1, -0.05) is 29.6 Å². The number of hydrogen-bond donors (Lipinski definition) is 1. The lowest BCUT2D eigenvalue weighted by atomic mass is 10.2. The Morgan fingerprint density at radius 3 is 2.83 bits per heavy atom. The zero-order chi connectivity index (χ0) is 20.8. The third-order valence-electron chi connectivity index (χ3n) is 3.85. The number of nitrogens with zero attached hydrogens (tertiary/aromatic N) is 3. The van der Waals surface area contributed by atoms with E-state index in [0.717, 1.165) is 5.56 Å². The Hall–Kier alpha value is -2.53. The number of thioether (sulfide) groups is 2. The van der Waals surface area contributed by atoms with E-state index < -0.39 is 11.7 Å². The van der Waals surface area contributed by atoms with E-state index in [9.17, 15) is 13.6 Å². The summed E-state index contributed by atoms with van der Waals surface area (Å²) in [7, 11) is 1.44. The maximum atomic E-state index is 12.6. The van der Waals surface area contributed by atoms with Crippen LogP contribution in [0.15, 0.2) is 51.1 Å². The van der Waals surface area contributed by atoms with E-state index in [1.165, 1.54) is 25.1 Å². The van der Waals surface area contributed by atoms with E-state index in [-0.39, 0.29) is 6.42 Å². The van der Waals surface area contributed by atoms with Crippen LogP contribution in [-0.2, 0) is 17.1 Å². The molecule has 1 amide bonds. The Labute approximate surface area is 174 Å². The molecule has 3 rings (SSSR count). The van der Waals surface area contributed by atoms with Crippen molar-refractivity contribution >= 4 is 29.4 Å². The molecule has 3 aromatic rings. The first-order valence-electron chi connectivity index (χ1n) is 8.48. The van der Waals surface area contributed by atoms with E-state index in [1.54, 1.807) is 34.9 Å². The van der Waals surface area contributed by atoms with Gasteiger partial charge in [-0.25, -0.2) is 0 Å². The second-order valence-corrected chi connectivity index (χ2v) is 7.78. The lowest BCUT2D eigenvalue weighted by molar-refractivity contribution is -0.118. The van der Waals surface area contributed by atoms with Crippen LogP contribution < -0.4 is 10.5 Å². The van der Waals surface area contributed by atoms with Crippen molar-refractivity contribution in [3.8, 4) is 17.3 Å². The van der Waals surface area contributed by atoms with E-state index in [4.69, 9.17) is 14.9 Å². The van der Waals surface area contributed by atoms with Gasteiger partial charge in [0, 0.05) is 18.7 Å². The highest BCUT2D eigenvalue weighted by atomic mass is 32.2. The smallest absolute Gasteiger partial charge is 0.289 e. The number of carbonyl (C=O) groups excluding carboxylic acids is 1. The number of alkyl halides is 2. The van der Waals surface area contributed by atoms with Crippen molar-refractivity contribution in [1.29, 1.82) is 0 Å². The second kappa shape index (κ2) is 9.79. The van der Waals surface area contributed by atoms with Crippen LogP contribution in [0, 0.1) is 0 Å². The molecule has 0 fully saturated rings. The monoisotopic (exact) mass is 440 g/mol. The molecular weight excluding hydrogens is 422 g/mol. The van der Waals surface area contributed by atoms with Gasteiger partial charge < -0.3 is 14.9 Å². The first-order chi connectivity index (χ1) is 14.0. The normalized spacial score (nSPS) is 11.2. The molecule has 0 atom stereocenters. The number of amides is 1. The number of methoxy groups -OCH3 is 1. The fraction of sp³-hybridized carbons (Fsp3) is 0.278.